The molecule has 0 aliphatic carbocycles. The van der Waals surface area contributed by atoms with E-state index in [9.17, 15) is 9.59 Å². The summed E-state index contributed by atoms with van der Waals surface area (Å²) in [5, 5.41) is 4.43. The number of thiazole rings is 1. The molecule has 0 spiro atoms. The molecule has 1 atom stereocenters. The molecule has 0 fully saturated rings. The number of hydrogen-bond acceptors (Lipinski definition) is 6. The quantitative estimate of drug-likeness (QED) is 0.603. The highest BCUT2D eigenvalue weighted by molar-refractivity contribution is 7.07. The van der Waals surface area contributed by atoms with Crippen LogP contribution in [-0.4, -0.2) is 27.4 Å². The van der Waals surface area contributed by atoms with Crippen LogP contribution < -0.4 is 14.9 Å². The Hall–Kier alpha value is -3.26. The number of carbonyl (C=O) groups excluding carboxylic acids is 1. The molecule has 0 unspecified atom stereocenters. The minimum Gasteiger partial charge on any atom is -0.466 e. The number of carbonyl (C=O) groups is 1. The second-order valence-electron chi connectivity index (χ2n) is 7.19. The molecular weight excluding hydrogens is 400 g/mol. The molecule has 0 N–H and O–H groups in total. The van der Waals surface area contributed by atoms with Gasteiger partial charge in [-0.25, -0.2) is 9.79 Å². The average molecular weight is 423 g/mol. The summed E-state index contributed by atoms with van der Waals surface area (Å²) in [6.07, 6.45) is 1.86. The van der Waals surface area contributed by atoms with Crippen LogP contribution in [0.1, 0.15) is 35.5 Å². The van der Waals surface area contributed by atoms with Gasteiger partial charge in [0, 0.05) is 18.3 Å². The number of nitrogens with zero attached hydrogens (tertiary/aromatic N) is 4. The van der Waals surface area contributed by atoms with E-state index in [2.05, 4.69) is 10.1 Å². The third kappa shape index (κ3) is 3.13. The number of esters is 1. The zero-order valence-electron chi connectivity index (χ0n) is 17.5. The first-order valence-corrected chi connectivity index (χ1v) is 10.3. The van der Waals surface area contributed by atoms with E-state index in [1.165, 1.54) is 18.4 Å². The van der Waals surface area contributed by atoms with Gasteiger partial charge in [0.2, 0.25) is 0 Å². The Kier molecular flexibility index (Phi) is 5.03. The van der Waals surface area contributed by atoms with Gasteiger partial charge in [-0.05, 0) is 32.4 Å². The van der Waals surface area contributed by atoms with E-state index in [0.717, 1.165) is 22.5 Å². The minimum atomic E-state index is -0.590. The molecule has 0 amide bonds. The Labute approximate surface area is 177 Å². The predicted octanol–water partition coefficient (Wildman–Crippen LogP) is 1.76. The molecule has 154 valence electrons. The largest absolute Gasteiger partial charge is 0.466 e. The zero-order valence-corrected chi connectivity index (χ0v) is 18.3. The summed E-state index contributed by atoms with van der Waals surface area (Å²) >= 11 is 1.31. The van der Waals surface area contributed by atoms with Gasteiger partial charge < -0.3 is 4.74 Å². The highest BCUT2D eigenvalue weighted by Crippen LogP contribution is 2.30. The van der Waals surface area contributed by atoms with Crippen molar-refractivity contribution in [2.24, 2.45) is 12.0 Å². The molecule has 8 heteroatoms. The summed E-state index contributed by atoms with van der Waals surface area (Å²) in [6.45, 7) is 5.66. The first-order chi connectivity index (χ1) is 14.3. The van der Waals surface area contributed by atoms with Crippen molar-refractivity contribution in [1.29, 1.82) is 0 Å². The molecule has 0 saturated carbocycles. The van der Waals surface area contributed by atoms with E-state index in [-0.39, 0.29) is 5.56 Å². The number of allylic oxidation sites excluding steroid dienone is 1. The fraction of sp³-hybridized carbons (Fsp3) is 0.273. The number of ether oxygens (including phenoxy) is 1. The van der Waals surface area contributed by atoms with Crippen LogP contribution in [0.3, 0.4) is 0 Å². The molecular formula is C22H22N4O3S. The summed E-state index contributed by atoms with van der Waals surface area (Å²) in [5.41, 5.74) is 4.31. The SMILES string of the molecule is COC(=O)C1=C(C)N=c2sc(=Cc3c(C)nn(C)c3C)c(=O)n2[C@@H]1c1ccccc1. The van der Waals surface area contributed by atoms with Crippen molar-refractivity contribution in [2.75, 3.05) is 7.11 Å². The van der Waals surface area contributed by atoms with E-state index < -0.39 is 12.0 Å². The number of benzene rings is 1. The summed E-state index contributed by atoms with van der Waals surface area (Å²) < 4.78 is 8.95. The lowest BCUT2D eigenvalue weighted by Crippen LogP contribution is -2.39. The molecule has 3 aromatic rings. The molecule has 0 bridgehead atoms. The fourth-order valence-corrected chi connectivity index (χ4v) is 4.80. The Bertz CT molecular complexity index is 1360. The van der Waals surface area contributed by atoms with Gasteiger partial charge in [0.05, 0.1) is 34.6 Å². The van der Waals surface area contributed by atoms with Crippen molar-refractivity contribution in [3.63, 3.8) is 0 Å². The van der Waals surface area contributed by atoms with Gasteiger partial charge in [0.25, 0.3) is 5.56 Å². The van der Waals surface area contributed by atoms with Gasteiger partial charge in [0.1, 0.15) is 0 Å². The van der Waals surface area contributed by atoms with Crippen LogP contribution in [0.5, 0.6) is 0 Å². The molecule has 1 aliphatic rings. The van der Waals surface area contributed by atoms with Gasteiger partial charge in [-0.15, -0.1) is 0 Å². The van der Waals surface area contributed by atoms with Crippen LogP contribution in [0.25, 0.3) is 6.08 Å². The smallest absolute Gasteiger partial charge is 0.338 e. The summed E-state index contributed by atoms with van der Waals surface area (Å²) in [7, 11) is 3.21. The van der Waals surface area contributed by atoms with E-state index in [1.807, 2.05) is 57.3 Å². The van der Waals surface area contributed by atoms with Crippen molar-refractivity contribution in [1.82, 2.24) is 14.3 Å². The Morgan fingerprint density at radius 1 is 1.20 bits per heavy atom. The van der Waals surface area contributed by atoms with Crippen molar-refractivity contribution in [3.8, 4) is 0 Å². The highest BCUT2D eigenvalue weighted by atomic mass is 32.1. The predicted molar refractivity (Wildman–Crippen MR) is 115 cm³/mol. The van der Waals surface area contributed by atoms with Crippen molar-refractivity contribution < 1.29 is 9.53 Å². The second kappa shape index (κ2) is 7.53. The minimum absolute atomic E-state index is 0.191. The van der Waals surface area contributed by atoms with Crippen LogP contribution in [0.15, 0.2) is 51.4 Å². The van der Waals surface area contributed by atoms with Crippen LogP contribution in [0.2, 0.25) is 0 Å². The highest BCUT2D eigenvalue weighted by Gasteiger charge is 2.32. The lowest BCUT2D eigenvalue weighted by Gasteiger charge is -2.24. The first kappa shape index (κ1) is 20.0. The number of hydrogen-bond donors (Lipinski definition) is 0. The lowest BCUT2D eigenvalue weighted by molar-refractivity contribution is -0.136. The summed E-state index contributed by atoms with van der Waals surface area (Å²) in [6, 6.07) is 8.89. The topological polar surface area (TPSA) is 78.5 Å². The monoisotopic (exact) mass is 422 g/mol. The fourth-order valence-electron chi connectivity index (χ4n) is 3.77. The number of rotatable bonds is 3. The maximum atomic E-state index is 13.5. The Morgan fingerprint density at radius 3 is 2.50 bits per heavy atom. The van der Waals surface area contributed by atoms with Crippen molar-refractivity contribution in [3.05, 3.63) is 83.8 Å². The van der Waals surface area contributed by atoms with E-state index in [4.69, 9.17) is 4.74 Å². The van der Waals surface area contributed by atoms with Gasteiger partial charge in [-0.3, -0.25) is 14.0 Å². The number of methoxy groups -OCH3 is 1. The summed E-state index contributed by atoms with van der Waals surface area (Å²) in [5.74, 6) is -0.488. The Morgan fingerprint density at radius 2 is 1.90 bits per heavy atom. The van der Waals surface area contributed by atoms with Gasteiger partial charge >= 0.3 is 5.97 Å². The number of fused-ring (bicyclic) bond motifs is 1. The maximum Gasteiger partial charge on any atom is 0.338 e. The van der Waals surface area contributed by atoms with E-state index >= 15 is 0 Å². The zero-order chi connectivity index (χ0) is 21.6. The van der Waals surface area contributed by atoms with Crippen LogP contribution in [0, 0.1) is 13.8 Å². The second-order valence-corrected chi connectivity index (χ2v) is 8.20. The van der Waals surface area contributed by atoms with E-state index in [1.54, 1.807) is 16.2 Å². The normalized spacial score (nSPS) is 16.4. The van der Waals surface area contributed by atoms with Crippen LogP contribution >= 0.6 is 11.3 Å². The third-order valence-corrected chi connectivity index (χ3v) is 6.37. The molecule has 0 saturated heterocycles. The number of aryl methyl sites for hydroxylation is 2. The molecule has 2 aromatic heterocycles. The molecule has 3 heterocycles. The summed E-state index contributed by atoms with van der Waals surface area (Å²) in [4.78, 5) is 31.2. The lowest BCUT2D eigenvalue weighted by atomic mass is 9.96. The maximum absolute atomic E-state index is 13.5. The Balaban J connectivity index is 2.01. The molecule has 1 aliphatic heterocycles. The van der Waals surface area contributed by atoms with Gasteiger partial charge in [-0.1, -0.05) is 41.7 Å². The van der Waals surface area contributed by atoms with Crippen molar-refractivity contribution >= 4 is 23.4 Å². The van der Waals surface area contributed by atoms with Crippen LogP contribution in [0.4, 0.5) is 0 Å². The van der Waals surface area contributed by atoms with Gasteiger partial charge in [-0.2, -0.15) is 5.10 Å². The van der Waals surface area contributed by atoms with Crippen molar-refractivity contribution in [2.45, 2.75) is 26.8 Å². The molecule has 0 radical (unpaired) electrons. The number of aromatic nitrogens is 3. The molecule has 30 heavy (non-hydrogen) atoms. The van der Waals surface area contributed by atoms with Gasteiger partial charge in [0.15, 0.2) is 4.80 Å². The van der Waals surface area contributed by atoms with Crippen LogP contribution in [-0.2, 0) is 16.6 Å². The standard InChI is InChI=1S/C22H22N4O3S/c1-12-16(14(3)25(4)24-12)11-17-20(27)26-19(15-9-7-6-8-10-15)18(21(28)29-5)13(2)23-22(26)30-17/h6-11,19H,1-5H3/t19-/m1/s1. The molecule has 1 aromatic carbocycles. The molecule has 7 nitrogen and oxygen atoms in total. The average Bonchev–Trinajstić information content (AvgIpc) is 3.17. The van der Waals surface area contributed by atoms with E-state index in [0.29, 0.717) is 20.6 Å². The first-order valence-electron chi connectivity index (χ1n) is 9.49. The third-order valence-electron chi connectivity index (χ3n) is 5.38. The molecule has 4 rings (SSSR count).